The molecule has 1 aromatic heterocycles. The first-order valence-corrected chi connectivity index (χ1v) is 7.15. The van der Waals surface area contributed by atoms with Crippen molar-refractivity contribution in [3.8, 4) is 5.88 Å². The van der Waals surface area contributed by atoms with E-state index in [0.717, 1.165) is 19.3 Å². The van der Waals surface area contributed by atoms with Crippen LogP contribution in [0.1, 0.15) is 42.5 Å². The van der Waals surface area contributed by atoms with Gasteiger partial charge in [-0.05, 0) is 37.8 Å². The summed E-state index contributed by atoms with van der Waals surface area (Å²) in [6, 6.07) is 3.37. The first-order chi connectivity index (χ1) is 10.1. The maximum Gasteiger partial charge on any atom is 0.303 e. The summed E-state index contributed by atoms with van der Waals surface area (Å²) >= 11 is 0. The highest BCUT2D eigenvalue weighted by Crippen LogP contribution is 2.25. The van der Waals surface area contributed by atoms with E-state index in [1.54, 1.807) is 23.2 Å². The van der Waals surface area contributed by atoms with Crippen LogP contribution in [0.5, 0.6) is 5.88 Å². The molecule has 21 heavy (non-hydrogen) atoms. The van der Waals surface area contributed by atoms with Gasteiger partial charge < -0.3 is 14.7 Å². The van der Waals surface area contributed by atoms with Gasteiger partial charge in [0.25, 0.3) is 5.91 Å². The van der Waals surface area contributed by atoms with Gasteiger partial charge in [-0.3, -0.25) is 9.59 Å². The number of aromatic nitrogens is 1. The smallest absolute Gasteiger partial charge is 0.303 e. The van der Waals surface area contributed by atoms with Gasteiger partial charge in [-0.25, -0.2) is 4.98 Å². The molecule has 1 N–H and O–H groups in total. The van der Waals surface area contributed by atoms with Crippen LogP contribution >= 0.6 is 0 Å². The number of likely N-dealkylation sites (tertiary alicyclic amines) is 1. The van der Waals surface area contributed by atoms with Crippen LogP contribution in [0.3, 0.4) is 0 Å². The van der Waals surface area contributed by atoms with E-state index in [0.29, 0.717) is 24.4 Å². The molecular formula is C15H20N2O4. The molecule has 0 saturated carbocycles. The summed E-state index contributed by atoms with van der Waals surface area (Å²) in [6.07, 6.45) is 4.97. The molecule has 0 radical (unpaired) electrons. The van der Waals surface area contributed by atoms with Gasteiger partial charge in [0.15, 0.2) is 0 Å². The Morgan fingerprint density at radius 3 is 3.00 bits per heavy atom. The largest absolute Gasteiger partial charge is 0.481 e. The number of aliphatic carboxylic acids is 1. The molecule has 1 fully saturated rings. The summed E-state index contributed by atoms with van der Waals surface area (Å²) < 4.78 is 5.14. The summed E-state index contributed by atoms with van der Waals surface area (Å²) in [7, 11) is 1.48. The number of methoxy groups -OCH3 is 1. The maximum atomic E-state index is 12.7. The van der Waals surface area contributed by atoms with Crippen LogP contribution in [0.15, 0.2) is 18.3 Å². The number of ether oxygens (including phenoxy) is 1. The lowest BCUT2D eigenvalue weighted by atomic mass is 9.97. The van der Waals surface area contributed by atoms with Gasteiger partial charge in [0.1, 0.15) is 5.56 Å². The van der Waals surface area contributed by atoms with Crippen molar-refractivity contribution in [2.45, 2.75) is 38.1 Å². The summed E-state index contributed by atoms with van der Waals surface area (Å²) in [5.41, 5.74) is 0.433. The summed E-state index contributed by atoms with van der Waals surface area (Å²) in [6.45, 7) is 0.654. The summed E-state index contributed by atoms with van der Waals surface area (Å²) in [5.74, 6) is -0.646. The first-order valence-electron chi connectivity index (χ1n) is 7.15. The van der Waals surface area contributed by atoms with Crippen LogP contribution < -0.4 is 4.74 Å². The highest BCUT2D eigenvalue weighted by atomic mass is 16.5. The normalized spacial score (nSPS) is 18.3. The predicted octanol–water partition coefficient (Wildman–Crippen LogP) is 1.95. The minimum absolute atomic E-state index is 0.0211. The van der Waals surface area contributed by atoms with Crippen molar-refractivity contribution in [2.75, 3.05) is 13.7 Å². The minimum Gasteiger partial charge on any atom is -0.481 e. The summed E-state index contributed by atoms with van der Waals surface area (Å²) in [5, 5.41) is 8.83. The fourth-order valence-electron chi connectivity index (χ4n) is 2.73. The van der Waals surface area contributed by atoms with Crippen molar-refractivity contribution in [3.63, 3.8) is 0 Å². The van der Waals surface area contributed by atoms with Gasteiger partial charge in [-0.15, -0.1) is 0 Å². The number of carboxylic acids is 1. The molecule has 0 bridgehead atoms. The molecule has 1 saturated heterocycles. The van der Waals surface area contributed by atoms with Crippen molar-refractivity contribution < 1.29 is 19.4 Å². The zero-order valence-electron chi connectivity index (χ0n) is 12.1. The Labute approximate surface area is 123 Å². The van der Waals surface area contributed by atoms with E-state index >= 15 is 0 Å². The molecule has 2 rings (SSSR count). The van der Waals surface area contributed by atoms with Crippen LogP contribution in [0.25, 0.3) is 0 Å². The number of nitrogens with zero attached hydrogens (tertiary/aromatic N) is 2. The lowest BCUT2D eigenvalue weighted by Gasteiger charge is -2.35. The van der Waals surface area contributed by atoms with Crippen molar-refractivity contribution >= 4 is 11.9 Å². The second-order valence-electron chi connectivity index (χ2n) is 5.14. The van der Waals surface area contributed by atoms with Crippen LogP contribution in [-0.2, 0) is 4.79 Å². The lowest BCUT2D eigenvalue weighted by Crippen LogP contribution is -2.44. The Balaban J connectivity index is 2.16. The van der Waals surface area contributed by atoms with Gasteiger partial charge in [0.2, 0.25) is 5.88 Å². The predicted molar refractivity (Wildman–Crippen MR) is 76.3 cm³/mol. The van der Waals surface area contributed by atoms with Crippen molar-refractivity contribution in [2.24, 2.45) is 0 Å². The van der Waals surface area contributed by atoms with E-state index in [1.807, 2.05) is 0 Å². The Hall–Kier alpha value is -2.11. The van der Waals surface area contributed by atoms with Crippen molar-refractivity contribution in [1.29, 1.82) is 0 Å². The molecule has 1 aromatic rings. The number of carbonyl (C=O) groups is 2. The quantitative estimate of drug-likeness (QED) is 0.897. The molecule has 0 aliphatic carbocycles. The highest BCUT2D eigenvalue weighted by Gasteiger charge is 2.29. The van der Waals surface area contributed by atoms with E-state index in [-0.39, 0.29) is 18.4 Å². The molecule has 0 aromatic carbocycles. The second-order valence-corrected chi connectivity index (χ2v) is 5.14. The summed E-state index contributed by atoms with van der Waals surface area (Å²) in [4.78, 5) is 29.3. The number of rotatable bonds is 5. The molecule has 1 atom stereocenters. The molecule has 1 unspecified atom stereocenters. The van der Waals surface area contributed by atoms with Crippen LogP contribution in [-0.4, -0.2) is 46.6 Å². The number of carboxylic acid groups (broad SMARTS) is 1. The van der Waals surface area contributed by atoms with E-state index in [9.17, 15) is 9.59 Å². The highest BCUT2D eigenvalue weighted by molar-refractivity contribution is 5.96. The number of hydrogen-bond donors (Lipinski definition) is 1. The number of carbonyl (C=O) groups excluding carboxylic acids is 1. The average molecular weight is 292 g/mol. The molecular weight excluding hydrogens is 272 g/mol. The maximum absolute atomic E-state index is 12.7. The Morgan fingerprint density at radius 1 is 1.48 bits per heavy atom. The fraction of sp³-hybridized carbons (Fsp3) is 0.533. The Bertz CT molecular complexity index is 518. The van der Waals surface area contributed by atoms with E-state index in [1.165, 1.54) is 7.11 Å². The van der Waals surface area contributed by atoms with Crippen LogP contribution in [0, 0.1) is 0 Å². The Kier molecular flexibility index (Phi) is 5.14. The third kappa shape index (κ3) is 3.71. The molecule has 114 valence electrons. The molecule has 0 spiro atoms. The molecule has 2 heterocycles. The van der Waals surface area contributed by atoms with Crippen LogP contribution in [0.4, 0.5) is 0 Å². The molecule has 6 heteroatoms. The van der Waals surface area contributed by atoms with Gasteiger partial charge in [0, 0.05) is 25.2 Å². The molecule has 1 aliphatic heterocycles. The number of piperidine rings is 1. The van der Waals surface area contributed by atoms with Gasteiger partial charge in [0.05, 0.1) is 7.11 Å². The third-order valence-electron chi connectivity index (χ3n) is 3.77. The minimum atomic E-state index is -0.827. The monoisotopic (exact) mass is 292 g/mol. The topological polar surface area (TPSA) is 79.7 Å². The molecule has 1 aliphatic rings. The molecule has 6 nitrogen and oxygen atoms in total. The number of pyridine rings is 1. The number of amides is 1. The van der Waals surface area contributed by atoms with Gasteiger partial charge >= 0.3 is 5.97 Å². The van der Waals surface area contributed by atoms with Gasteiger partial charge in [-0.1, -0.05) is 0 Å². The second kappa shape index (κ2) is 7.06. The van der Waals surface area contributed by atoms with Gasteiger partial charge in [-0.2, -0.15) is 0 Å². The third-order valence-corrected chi connectivity index (χ3v) is 3.77. The Morgan fingerprint density at radius 2 is 2.29 bits per heavy atom. The van der Waals surface area contributed by atoms with E-state index < -0.39 is 5.97 Å². The fourth-order valence-corrected chi connectivity index (χ4v) is 2.73. The van der Waals surface area contributed by atoms with Crippen molar-refractivity contribution in [3.05, 3.63) is 23.9 Å². The SMILES string of the molecule is COc1ncccc1C(=O)N1CCCCC1CCC(=O)O. The van der Waals surface area contributed by atoms with E-state index in [4.69, 9.17) is 9.84 Å². The zero-order valence-corrected chi connectivity index (χ0v) is 12.1. The van der Waals surface area contributed by atoms with Crippen LogP contribution in [0.2, 0.25) is 0 Å². The average Bonchev–Trinajstić information content (AvgIpc) is 2.52. The van der Waals surface area contributed by atoms with E-state index in [2.05, 4.69) is 4.98 Å². The van der Waals surface area contributed by atoms with Crippen molar-refractivity contribution in [1.82, 2.24) is 9.88 Å². The standard InChI is InChI=1S/C15H20N2O4/c1-21-14-12(6-4-9-16-14)15(20)17-10-3-2-5-11(17)7-8-13(18)19/h4,6,9,11H,2-3,5,7-8,10H2,1H3,(H,18,19). The molecule has 1 amide bonds. The number of hydrogen-bond acceptors (Lipinski definition) is 4. The lowest BCUT2D eigenvalue weighted by molar-refractivity contribution is -0.137. The zero-order chi connectivity index (χ0) is 15.2. The first kappa shape index (κ1) is 15.3.